The molecule has 24 heavy (non-hydrogen) atoms. The predicted octanol–water partition coefficient (Wildman–Crippen LogP) is 3.54. The molecule has 1 heterocycles. The van der Waals surface area contributed by atoms with Crippen molar-refractivity contribution in [2.24, 2.45) is 0 Å². The summed E-state index contributed by atoms with van der Waals surface area (Å²) in [4.78, 5) is 0. The number of hydrogen-bond acceptors (Lipinski definition) is 4. The molecule has 0 saturated carbocycles. The number of aromatic amines is 1. The molecule has 0 aliphatic heterocycles. The Hall–Kier alpha value is -3.26. The van der Waals surface area contributed by atoms with E-state index in [4.69, 9.17) is 14.7 Å². The Bertz CT molecular complexity index is 966. The van der Waals surface area contributed by atoms with E-state index in [1.807, 2.05) is 36.4 Å². The third-order valence-electron chi connectivity index (χ3n) is 4.40. The maximum atomic E-state index is 8.94. The molecule has 0 saturated heterocycles. The largest absolute Gasteiger partial charge is 0.493 e. The van der Waals surface area contributed by atoms with Crippen LogP contribution < -0.4 is 9.47 Å². The van der Waals surface area contributed by atoms with Crippen molar-refractivity contribution in [2.45, 2.75) is 6.42 Å². The maximum Gasteiger partial charge on any atom is 0.161 e. The first-order valence-electron chi connectivity index (χ1n) is 7.58. The van der Waals surface area contributed by atoms with Gasteiger partial charge in [-0.2, -0.15) is 10.4 Å². The zero-order valence-corrected chi connectivity index (χ0v) is 13.4. The number of rotatable bonds is 3. The first-order chi connectivity index (χ1) is 11.7. The lowest BCUT2D eigenvalue weighted by Crippen LogP contribution is -1.93. The van der Waals surface area contributed by atoms with Crippen LogP contribution in [0.3, 0.4) is 0 Å². The van der Waals surface area contributed by atoms with Gasteiger partial charge >= 0.3 is 0 Å². The van der Waals surface area contributed by atoms with Gasteiger partial charge in [-0.25, -0.2) is 0 Å². The highest BCUT2D eigenvalue weighted by molar-refractivity contribution is 5.82. The number of aromatic nitrogens is 2. The minimum atomic E-state index is 0.642. The highest BCUT2D eigenvalue weighted by Gasteiger charge is 2.27. The normalized spacial score (nSPS) is 11.5. The van der Waals surface area contributed by atoms with E-state index in [2.05, 4.69) is 16.3 Å². The molecule has 0 fully saturated rings. The van der Waals surface area contributed by atoms with Crippen LogP contribution in [0.1, 0.15) is 16.7 Å². The smallest absolute Gasteiger partial charge is 0.161 e. The van der Waals surface area contributed by atoms with Crippen LogP contribution in [0.4, 0.5) is 0 Å². The first-order valence-corrected chi connectivity index (χ1v) is 7.58. The predicted molar refractivity (Wildman–Crippen MR) is 90.1 cm³/mol. The van der Waals surface area contributed by atoms with E-state index in [9.17, 15) is 0 Å². The van der Waals surface area contributed by atoms with Gasteiger partial charge in [0.1, 0.15) is 0 Å². The number of benzene rings is 2. The molecule has 118 valence electrons. The molecular formula is C19H15N3O2. The third-order valence-corrected chi connectivity index (χ3v) is 4.40. The maximum absolute atomic E-state index is 8.94. The van der Waals surface area contributed by atoms with Crippen molar-refractivity contribution >= 4 is 0 Å². The lowest BCUT2D eigenvalue weighted by Gasteiger charge is -2.10. The van der Waals surface area contributed by atoms with Crippen LogP contribution in [0.25, 0.3) is 22.5 Å². The van der Waals surface area contributed by atoms with Crippen LogP contribution in [0.15, 0.2) is 36.4 Å². The van der Waals surface area contributed by atoms with Crippen molar-refractivity contribution in [1.82, 2.24) is 10.2 Å². The summed E-state index contributed by atoms with van der Waals surface area (Å²) in [6, 6.07) is 13.6. The van der Waals surface area contributed by atoms with Gasteiger partial charge in [-0.3, -0.25) is 5.10 Å². The van der Waals surface area contributed by atoms with Gasteiger partial charge in [-0.15, -0.1) is 0 Å². The van der Waals surface area contributed by atoms with Crippen LogP contribution >= 0.6 is 0 Å². The highest BCUT2D eigenvalue weighted by Crippen LogP contribution is 2.44. The van der Waals surface area contributed by atoms with Crippen LogP contribution in [-0.2, 0) is 6.42 Å². The molecule has 0 unspecified atom stereocenters. The first kappa shape index (κ1) is 14.3. The molecule has 4 rings (SSSR count). The second-order valence-corrected chi connectivity index (χ2v) is 5.66. The molecule has 1 aromatic heterocycles. The van der Waals surface area contributed by atoms with Crippen LogP contribution in [0, 0.1) is 11.3 Å². The number of nitrogens with zero attached hydrogens (tertiary/aromatic N) is 2. The molecule has 1 aliphatic carbocycles. The fraction of sp³-hybridized carbons (Fsp3) is 0.158. The Morgan fingerprint density at radius 2 is 1.79 bits per heavy atom. The monoisotopic (exact) mass is 317 g/mol. The number of fused-ring (bicyclic) bond motifs is 3. The number of hydrogen-bond donors (Lipinski definition) is 1. The second kappa shape index (κ2) is 5.43. The molecule has 0 bridgehead atoms. The van der Waals surface area contributed by atoms with Gasteiger partial charge < -0.3 is 9.47 Å². The Balaban J connectivity index is 1.80. The molecule has 0 spiro atoms. The Labute approximate surface area is 139 Å². The van der Waals surface area contributed by atoms with Crippen molar-refractivity contribution < 1.29 is 9.47 Å². The van der Waals surface area contributed by atoms with Crippen molar-refractivity contribution in [3.05, 3.63) is 53.1 Å². The summed E-state index contributed by atoms with van der Waals surface area (Å²) in [7, 11) is 3.28. The molecule has 5 nitrogen and oxygen atoms in total. The quantitative estimate of drug-likeness (QED) is 0.627. The van der Waals surface area contributed by atoms with Crippen molar-refractivity contribution in [2.75, 3.05) is 14.2 Å². The summed E-state index contributed by atoms with van der Waals surface area (Å²) in [5, 5.41) is 16.6. The van der Waals surface area contributed by atoms with Gasteiger partial charge in [0.25, 0.3) is 0 Å². The molecule has 3 aromatic rings. The lowest BCUT2D eigenvalue weighted by atomic mass is 10.0. The molecule has 2 aromatic carbocycles. The van der Waals surface area contributed by atoms with Gasteiger partial charge in [-0.05, 0) is 29.8 Å². The molecular weight excluding hydrogens is 302 g/mol. The van der Waals surface area contributed by atoms with E-state index in [-0.39, 0.29) is 0 Å². The highest BCUT2D eigenvalue weighted by atomic mass is 16.5. The van der Waals surface area contributed by atoms with Crippen molar-refractivity contribution in [3.63, 3.8) is 0 Å². The van der Waals surface area contributed by atoms with Gasteiger partial charge in [0.2, 0.25) is 0 Å². The van der Waals surface area contributed by atoms with Gasteiger partial charge in [0, 0.05) is 23.1 Å². The lowest BCUT2D eigenvalue weighted by molar-refractivity contribution is 0.355. The van der Waals surface area contributed by atoms with E-state index >= 15 is 0 Å². The fourth-order valence-corrected chi connectivity index (χ4v) is 3.19. The average molecular weight is 317 g/mol. The SMILES string of the molecule is COc1cc2c(cc1OC)-c1[nH]nc(-c3ccc(C#N)cc3)c1C2. The molecule has 5 heteroatoms. The fourth-order valence-electron chi connectivity index (χ4n) is 3.19. The van der Waals surface area contributed by atoms with E-state index in [0.29, 0.717) is 11.3 Å². The van der Waals surface area contributed by atoms with Crippen LogP contribution in [-0.4, -0.2) is 24.4 Å². The summed E-state index contributed by atoms with van der Waals surface area (Å²) >= 11 is 0. The topological polar surface area (TPSA) is 70.9 Å². The Kier molecular flexibility index (Phi) is 3.24. The minimum Gasteiger partial charge on any atom is -0.493 e. The summed E-state index contributed by atoms with van der Waals surface area (Å²) in [6.45, 7) is 0. The molecule has 1 N–H and O–H groups in total. The van der Waals surface area contributed by atoms with E-state index in [0.717, 1.165) is 40.2 Å². The molecule has 0 amide bonds. The van der Waals surface area contributed by atoms with Crippen molar-refractivity contribution in [1.29, 1.82) is 5.26 Å². The number of H-pyrrole nitrogens is 1. The van der Waals surface area contributed by atoms with Crippen molar-refractivity contribution in [3.8, 4) is 40.1 Å². The van der Waals surface area contributed by atoms with Gasteiger partial charge in [0.05, 0.1) is 37.2 Å². The molecule has 0 radical (unpaired) electrons. The zero-order chi connectivity index (χ0) is 16.7. The third kappa shape index (κ3) is 2.04. The van der Waals surface area contributed by atoms with E-state index in [1.54, 1.807) is 14.2 Å². The Morgan fingerprint density at radius 3 is 2.46 bits per heavy atom. The standard InChI is InChI=1S/C19H15N3O2/c1-23-16-8-13-7-15-18(12-5-3-11(10-20)4-6-12)21-22-19(15)14(13)9-17(16)24-2/h3-6,8-9H,7H2,1-2H3,(H,21,22). The number of nitrogens with one attached hydrogen (secondary N) is 1. The van der Waals surface area contributed by atoms with E-state index in [1.165, 1.54) is 5.56 Å². The Morgan fingerprint density at radius 1 is 1.08 bits per heavy atom. The number of ether oxygens (including phenoxy) is 2. The molecule has 0 atom stereocenters. The summed E-state index contributed by atoms with van der Waals surface area (Å²) in [6.07, 6.45) is 0.789. The van der Waals surface area contributed by atoms with Crippen LogP contribution in [0.5, 0.6) is 11.5 Å². The second-order valence-electron chi connectivity index (χ2n) is 5.66. The summed E-state index contributed by atoms with van der Waals surface area (Å²) < 4.78 is 10.8. The number of methoxy groups -OCH3 is 2. The van der Waals surface area contributed by atoms with Gasteiger partial charge in [-0.1, -0.05) is 12.1 Å². The summed E-state index contributed by atoms with van der Waals surface area (Å²) in [5.74, 6) is 1.44. The average Bonchev–Trinajstić information content (AvgIpc) is 3.19. The zero-order valence-electron chi connectivity index (χ0n) is 13.4. The van der Waals surface area contributed by atoms with Crippen LogP contribution in [0.2, 0.25) is 0 Å². The minimum absolute atomic E-state index is 0.642. The van der Waals surface area contributed by atoms with E-state index < -0.39 is 0 Å². The molecule has 1 aliphatic rings. The van der Waals surface area contributed by atoms with Gasteiger partial charge in [0.15, 0.2) is 11.5 Å². The number of nitriles is 1. The summed E-state index contributed by atoms with van der Waals surface area (Å²) in [5.41, 5.74) is 7.02.